The highest BCUT2D eigenvalue weighted by molar-refractivity contribution is 5.76. The summed E-state index contributed by atoms with van der Waals surface area (Å²) in [6, 6.07) is 3.95. The maximum Gasteiger partial charge on any atom is 0.223 e. The van der Waals surface area contributed by atoms with E-state index < -0.39 is 0 Å². The molecule has 1 atom stereocenters. The van der Waals surface area contributed by atoms with Gasteiger partial charge in [0.05, 0.1) is 18.5 Å². The van der Waals surface area contributed by atoms with Crippen molar-refractivity contribution in [3.8, 4) is 0 Å². The Morgan fingerprint density at radius 1 is 1.33 bits per heavy atom. The molecule has 0 saturated carbocycles. The van der Waals surface area contributed by atoms with Gasteiger partial charge in [0.15, 0.2) is 0 Å². The van der Waals surface area contributed by atoms with Crippen LogP contribution in [0.1, 0.15) is 49.9 Å². The zero-order valence-electron chi connectivity index (χ0n) is 15.7. The van der Waals surface area contributed by atoms with Crippen LogP contribution in [0.4, 0.5) is 0 Å². The van der Waals surface area contributed by atoms with Crippen LogP contribution in [-0.2, 0) is 24.8 Å². The third kappa shape index (κ3) is 4.08. The molecule has 2 heterocycles. The number of furan rings is 1. The van der Waals surface area contributed by atoms with Crippen molar-refractivity contribution in [3.63, 3.8) is 0 Å². The molecule has 0 unspecified atom stereocenters. The minimum absolute atomic E-state index is 0.162. The molecule has 0 aliphatic carbocycles. The van der Waals surface area contributed by atoms with Gasteiger partial charge in [-0.15, -0.1) is 0 Å². The van der Waals surface area contributed by atoms with Crippen LogP contribution < -0.4 is 0 Å². The molecule has 5 nitrogen and oxygen atoms in total. The predicted octanol–water partition coefficient (Wildman–Crippen LogP) is 3.64. The fraction of sp³-hybridized carbons (Fsp3) is 0.579. The van der Waals surface area contributed by atoms with Crippen LogP contribution in [0.2, 0.25) is 0 Å². The van der Waals surface area contributed by atoms with Crippen LogP contribution >= 0.6 is 0 Å². The minimum Gasteiger partial charge on any atom is -0.467 e. The van der Waals surface area contributed by atoms with Gasteiger partial charge in [-0.1, -0.05) is 13.8 Å². The molecule has 2 aromatic rings. The minimum atomic E-state index is 0.162. The van der Waals surface area contributed by atoms with Crippen molar-refractivity contribution in [1.82, 2.24) is 14.7 Å². The number of amides is 1. The van der Waals surface area contributed by atoms with Crippen LogP contribution in [0, 0.1) is 19.8 Å². The lowest BCUT2D eigenvalue weighted by Gasteiger charge is -2.31. The van der Waals surface area contributed by atoms with Gasteiger partial charge >= 0.3 is 0 Å². The molecule has 0 aliphatic rings. The zero-order valence-corrected chi connectivity index (χ0v) is 15.7. The van der Waals surface area contributed by atoms with Crippen molar-refractivity contribution < 1.29 is 9.21 Å². The molecule has 24 heavy (non-hydrogen) atoms. The Hall–Kier alpha value is -2.04. The first-order chi connectivity index (χ1) is 11.3. The summed E-state index contributed by atoms with van der Waals surface area (Å²) < 4.78 is 7.32. The van der Waals surface area contributed by atoms with Crippen LogP contribution in [0.15, 0.2) is 22.8 Å². The maximum atomic E-state index is 12.9. The monoisotopic (exact) mass is 331 g/mol. The molecule has 5 heteroatoms. The number of nitrogens with zero attached hydrogens (tertiary/aromatic N) is 3. The van der Waals surface area contributed by atoms with E-state index in [0.29, 0.717) is 18.9 Å². The lowest BCUT2D eigenvalue weighted by atomic mass is 10.0. The first kappa shape index (κ1) is 18.3. The summed E-state index contributed by atoms with van der Waals surface area (Å²) in [5.74, 6) is 1.38. The second-order valence-corrected chi connectivity index (χ2v) is 6.86. The third-order valence-electron chi connectivity index (χ3n) is 4.93. The number of aromatic nitrogens is 2. The fourth-order valence-corrected chi connectivity index (χ4v) is 2.94. The molecule has 0 aliphatic heterocycles. The molecule has 0 bridgehead atoms. The number of rotatable bonds is 7. The highest BCUT2D eigenvalue weighted by Gasteiger charge is 2.24. The molecule has 1 amide bonds. The van der Waals surface area contributed by atoms with Crippen LogP contribution in [0.25, 0.3) is 0 Å². The molecule has 0 spiro atoms. The van der Waals surface area contributed by atoms with Gasteiger partial charge in [-0.25, -0.2) is 0 Å². The van der Waals surface area contributed by atoms with Gasteiger partial charge in [0.2, 0.25) is 5.91 Å². The number of hydrogen-bond acceptors (Lipinski definition) is 3. The number of aryl methyl sites for hydroxylation is 2. The molecule has 0 N–H and O–H groups in total. The molecule has 2 aromatic heterocycles. The van der Waals surface area contributed by atoms with Gasteiger partial charge in [0.25, 0.3) is 0 Å². The topological polar surface area (TPSA) is 51.3 Å². The normalized spacial score (nSPS) is 12.6. The van der Waals surface area contributed by atoms with E-state index in [1.165, 1.54) is 5.56 Å². The van der Waals surface area contributed by atoms with Crippen LogP contribution in [-0.4, -0.2) is 26.6 Å². The number of carbonyl (C=O) groups excluding carboxylic acids is 1. The molecular formula is C19H29N3O2. The first-order valence-corrected chi connectivity index (χ1v) is 8.62. The van der Waals surface area contributed by atoms with Crippen LogP contribution in [0.3, 0.4) is 0 Å². The molecule has 0 fully saturated rings. The molecular weight excluding hydrogens is 302 g/mol. The van der Waals surface area contributed by atoms with Gasteiger partial charge in [-0.3, -0.25) is 9.48 Å². The lowest BCUT2D eigenvalue weighted by Crippen LogP contribution is -2.41. The predicted molar refractivity (Wildman–Crippen MR) is 94.6 cm³/mol. The molecule has 2 rings (SSSR count). The number of carbonyl (C=O) groups is 1. The Morgan fingerprint density at radius 3 is 2.54 bits per heavy atom. The summed E-state index contributed by atoms with van der Waals surface area (Å²) in [5, 5.41) is 4.43. The van der Waals surface area contributed by atoms with E-state index in [0.717, 1.165) is 23.6 Å². The van der Waals surface area contributed by atoms with Gasteiger partial charge in [0.1, 0.15) is 5.76 Å². The Balaban J connectivity index is 2.09. The standard InChI is InChI=1S/C19H29N3O2/c1-13(2)15(4)22(12-17-8-7-11-24-17)19(23)10-9-18-14(3)20-21(6)16(18)5/h7-8,11,13,15H,9-10,12H2,1-6H3/t15-/m1/s1. The zero-order chi connectivity index (χ0) is 17.9. The van der Waals surface area contributed by atoms with E-state index in [-0.39, 0.29) is 11.9 Å². The smallest absolute Gasteiger partial charge is 0.223 e. The van der Waals surface area contributed by atoms with Gasteiger partial charge in [-0.05, 0) is 50.8 Å². The average Bonchev–Trinajstić information content (AvgIpc) is 3.11. The van der Waals surface area contributed by atoms with Gasteiger partial charge < -0.3 is 9.32 Å². The molecule has 132 valence electrons. The van der Waals surface area contributed by atoms with E-state index >= 15 is 0 Å². The summed E-state index contributed by atoms with van der Waals surface area (Å²) in [7, 11) is 1.94. The maximum absolute atomic E-state index is 12.9. The van der Waals surface area contributed by atoms with E-state index in [1.54, 1.807) is 6.26 Å². The van der Waals surface area contributed by atoms with Crippen molar-refractivity contribution in [2.24, 2.45) is 13.0 Å². The van der Waals surface area contributed by atoms with Gasteiger partial charge in [0, 0.05) is 25.2 Å². The van der Waals surface area contributed by atoms with Crippen molar-refractivity contribution in [3.05, 3.63) is 41.1 Å². The lowest BCUT2D eigenvalue weighted by molar-refractivity contribution is -0.135. The van der Waals surface area contributed by atoms with E-state index in [4.69, 9.17) is 4.42 Å². The quantitative estimate of drug-likeness (QED) is 0.778. The highest BCUT2D eigenvalue weighted by Crippen LogP contribution is 2.19. The van der Waals surface area contributed by atoms with Crippen molar-refractivity contribution in [1.29, 1.82) is 0 Å². The number of hydrogen-bond donors (Lipinski definition) is 0. The van der Waals surface area contributed by atoms with Crippen LogP contribution in [0.5, 0.6) is 0 Å². The van der Waals surface area contributed by atoms with Gasteiger partial charge in [-0.2, -0.15) is 5.10 Å². The SMILES string of the molecule is Cc1nn(C)c(C)c1CCC(=O)N(Cc1ccco1)[C@H](C)C(C)C. The summed E-state index contributed by atoms with van der Waals surface area (Å²) >= 11 is 0. The first-order valence-electron chi connectivity index (χ1n) is 8.62. The Labute approximate surface area is 144 Å². The Kier molecular flexibility index (Phi) is 5.86. The summed E-state index contributed by atoms with van der Waals surface area (Å²) in [5.41, 5.74) is 3.33. The van der Waals surface area contributed by atoms with Crippen molar-refractivity contribution >= 4 is 5.91 Å². The summed E-state index contributed by atoms with van der Waals surface area (Å²) in [6.07, 6.45) is 2.87. The fourth-order valence-electron chi connectivity index (χ4n) is 2.94. The molecule has 0 aromatic carbocycles. The van der Waals surface area contributed by atoms with Crippen molar-refractivity contribution in [2.45, 2.75) is 60.0 Å². The van der Waals surface area contributed by atoms with E-state index in [1.807, 2.05) is 35.7 Å². The molecule has 0 saturated heterocycles. The Bertz CT molecular complexity index is 671. The van der Waals surface area contributed by atoms with E-state index in [9.17, 15) is 4.79 Å². The third-order valence-corrected chi connectivity index (χ3v) is 4.93. The largest absolute Gasteiger partial charge is 0.467 e. The van der Waals surface area contributed by atoms with Crippen molar-refractivity contribution in [2.75, 3.05) is 0 Å². The summed E-state index contributed by atoms with van der Waals surface area (Å²) in [4.78, 5) is 14.8. The second kappa shape index (κ2) is 7.69. The Morgan fingerprint density at radius 2 is 2.04 bits per heavy atom. The highest BCUT2D eigenvalue weighted by atomic mass is 16.3. The molecule has 0 radical (unpaired) electrons. The van der Waals surface area contributed by atoms with E-state index in [2.05, 4.69) is 32.8 Å². The second-order valence-electron chi connectivity index (χ2n) is 6.86. The summed E-state index contributed by atoms with van der Waals surface area (Å²) in [6.45, 7) is 11.0. The average molecular weight is 331 g/mol.